The molecular weight excluding hydrogens is 270 g/mol. The molecule has 0 fully saturated rings. The molecule has 18 heavy (non-hydrogen) atoms. The summed E-state index contributed by atoms with van der Waals surface area (Å²) in [5.41, 5.74) is 0.895. The van der Waals surface area contributed by atoms with E-state index in [9.17, 15) is 8.42 Å². The highest BCUT2D eigenvalue weighted by molar-refractivity contribution is 7.94. The Hall–Kier alpha value is -1.91. The molecule has 7 heteroatoms. The molecule has 2 rings (SSSR count). The molecule has 1 aromatic carbocycles. The minimum atomic E-state index is -3.59. The SMILES string of the molecule is Cc1ncc(S(=O)(=O)Nc2ccc(C#N)cc2)s1. The molecule has 92 valence electrons. The lowest BCUT2D eigenvalue weighted by Gasteiger charge is -2.05. The molecule has 1 N–H and O–H groups in total. The molecule has 0 bridgehead atoms. The number of benzene rings is 1. The van der Waals surface area contributed by atoms with Crippen molar-refractivity contribution in [2.24, 2.45) is 0 Å². The van der Waals surface area contributed by atoms with Crippen molar-refractivity contribution in [3.63, 3.8) is 0 Å². The van der Waals surface area contributed by atoms with Gasteiger partial charge in [-0.05, 0) is 31.2 Å². The van der Waals surface area contributed by atoms with Gasteiger partial charge in [-0.2, -0.15) is 5.26 Å². The maximum Gasteiger partial charge on any atom is 0.273 e. The molecule has 0 unspecified atom stereocenters. The van der Waals surface area contributed by atoms with Crippen molar-refractivity contribution >= 4 is 27.0 Å². The topological polar surface area (TPSA) is 82.8 Å². The number of aromatic nitrogens is 1. The summed E-state index contributed by atoms with van der Waals surface area (Å²) in [4.78, 5) is 3.91. The molecule has 0 aliphatic rings. The molecule has 0 aliphatic carbocycles. The smallest absolute Gasteiger partial charge is 0.273 e. The fraction of sp³-hybridized carbons (Fsp3) is 0.0909. The number of thiazole rings is 1. The van der Waals surface area contributed by atoms with Gasteiger partial charge in [0.05, 0.1) is 22.8 Å². The summed E-state index contributed by atoms with van der Waals surface area (Å²) < 4.78 is 26.5. The number of rotatable bonds is 3. The molecule has 0 saturated carbocycles. The predicted octanol–water partition coefficient (Wildman–Crippen LogP) is 2.12. The van der Waals surface area contributed by atoms with Crippen molar-refractivity contribution in [3.8, 4) is 6.07 Å². The van der Waals surface area contributed by atoms with Crippen LogP contribution in [0.3, 0.4) is 0 Å². The van der Waals surface area contributed by atoms with Crippen molar-refractivity contribution in [2.75, 3.05) is 4.72 Å². The molecular formula is C11H9N3O2S2. The average Bonchev–Trinajstić information content (AvgIpc) is 2.77. The van der Waals surface area contributed by atoms with Crippen molar-refractivity contribution < 1.29 is 8.42 Å². The highest BCUT2D eigenvalue weighted by Gasteiger charge is 2.16. The standard InChI is InChI=1S/C11H9N3O2S2/c1-8-13-7-11(17-8)18(15,16)14-10-4-2-9(6-12)3-5-10/h2-5,7,14H,1H3. The Morgan fingerprint density at radius 1 is 1.33 bits per heavy atom. The average molecular weight is 279 g/mol. The van der Waals surface area contributed by atoms with Gasteiger partial charge in [-0.25, -0.2) is 13.4 Å². The number of nitrogens with one attached hydrogen (secondary N) is 1. The summed E-state index contributed by atoms with van der Waals surface area (Å²) >= 11 is 1.11. The van der Waals surface area contributed by atoms with Gasteiger partial charge in [-0.3, -0.25) is 4.72 Å². The minimum absolute atomic E-state index is 0.171. The van der Waals surface area contributed by atoms with Crippen molar-refractivity contribution in [2.45, 2.75) is 11.1 Å². The van der Waals surface area contributed by atoms with E-state index in [-0.39, 0.29) is 4.21 Å². The van der Waals surface area contributed by atoms with Crippen LogP contribution in [0.25, 0.3) is 0 Å². The Balaban J connectivity index is 2.25. The Morgan fingerprint density at radius 3 is 2.50 bits per heavy atom. The third-order valence-electron chi connectivity index (χ3n) is 2.13. The van der Waals surface area contributed by atoms with E-state index >= 15 is 0 Å². The fourth-order valence-electron chi connectivity index (χ4n) is 1.28. The van der Waals surface area contributed by atoms with Gasteiger partial charge in [-0.15, -0.1) is 11.3 Å². The first-order valence-corrected chi connectivity index (χ1v) is 7.26. The first-order chi connectivity index (χ1) is 8.51. The Bertz CT molecular complexity index is 697. The van der Waals surface area contributed by atoms with Gasteiger partial charge in [-0.1, -0.05) is 0 Å². The van der Waals surface area contributed by atoms with Crippen LogP contribution in [0.4, 0.5) is 5.69 Å². The number of anilines is 1. The van der Waals surface area contributed by atoms with Crippen molar-refractivity contribution in [3.05, 3.63) is 41.0 Å². The maximum absolute atomic E-state index is 12.0. The predicted molar refractivity (Wildman–Crippen MR) is 68.8 cm³/mol. The van der Waals surface area contributed by atoms with Crippen LogP contribution in [0, 0.1) is 18.3 Å². The van der Waals surface area contributed by atoms with Crippen LogP contribution >= 0.6 is 11.3 Å². The molecule has 0 aliphatic heterocycles. The van der Waals surface area contributed by atoms with Crippen LogP contribution in [0.5, 0.6) is 0 Å². The second-order valence-corrected chi connectivity index (χ2v) is 6.64. The van der Waals surface area contributed by atoms with Crippen molar-refractivity contribution in [1.29, 1.82) is 5.26 Å². The number of aryl methyl sites for hydroxylation is 1. The molecule has 0 saturated heterocycles. The zero-order chi connectivity index (χ0) is 13.2. The molecule has 1 heterocycles. The van der Waals surface area contributed by atoms with E-state index in [0.717, 1.165) is 11.3 Å². The Kier molecular flexibility index (Phi) is 3.32. The number of hydrogen-bond donors (Lipinski definition) is 1. The van der Waals surface area contributed by atoms with Crippen LogP contribution in [-0.2, 0) is 10.0 Å². The van der Waals surface area contributed by atoms with Gasteiger partial charge in [0, 0.05) is 5.69 Å². The number of nitrogens with zero attached hydrogens (tertiary/aromatic N) is 2. The lowest BCUT2D eigenvalue weighted by molar-refractivity contribution is 0.603. The van der Waals surface area contributed by atoms with E-state index in [1.54, 1.807) is 31.2 Å². The fourth-order valence-corrected chi connectivity index (χ4v) is 3.45. The monoisotopic (exact) mass is 279 g/mol. The van der Waals surface area contributed by atoms with Crippen LogP contribution in [0.1, 0.15) is 10.6 Å². The van der Waals surface area contributed by atoms with Crippen molar-refractivity contribution in [1.82, 2.24) is 4.98 Å². The molecule has 0 amide bonds. The van der Waals surface area contributed by atoms with E-state index in [4.69, 9.17) is 5.26 Å². The van der Waals surface area contributed by atoms with Gasteiger partial charge < -0.3 is 0 Å². The summed E-state index contributed by atoms with van der Waals surface area (Å²) in [6.07, 6.45) is 1.33. The summed E-state index contributed by atoms with van der Waals surface area (Å²) in [5, 5.41) is 9.34. The summed E-state index contributed by atoms with van der Waals surface area (Å²) in [7, 11) is -3.59. The van der Waals surface area contributed by atoms with E-state index in [1.165, 1.54) is 6.20 Å². The highest BCUT2D eigenvalue weighted by Crippen LogP contribution is 2.21. The largest absolute Gasteiger partial charge is 0.279 e. The first kappa shape index (κ1) is 12.5. The maximum atomic E-state index is 12.0. The Morgan fingerprint density at radius 2 is 2.00 bits per heavy atom. The van der Waals surface area contributed by atoms with E-state index in [2.05, 4.69) is 9.71 Å². The van der Waals surface area contributed by atoms with Gasteiger partial charge in [0.2, 0.25) is 0 Å². The van der Waals surface area contributed by atoms with E-state index in [1.807, 2.05) is 6.07 Å². The van der Waals surface area contributed by atoms with Gasteiger partial charge in [0.25, 0.3) is 10.0 Å². The molecule has 0 radical (unpaired) electrons. The zero-order valence-corrected chi connectivity index (χ0v) is 11.0. The number of sulfonamides is 1. The highest BCUT2D eigenvalue weighted by atomic mass is 32.2. The van der Waals surface area contributed by atoms with Crippen LogP contribution < -0.4 is 4.72 Å². The molecule has 0 spiro atoms. The van der Waals surface area contributed by atoms with Gasteiger partial charge in [0.1, 0.15) is 0 Å². The summed E-state index contributed by atoms with van der Waals surface area (Å²) in [6, 6.07) is 8.16. The second-order valence-electron chi connectivity index (χ2n) is 3.49. The molecule has 0 atom stereocenters. The zero-order valence-electron chi connectivity index (χ0n) is 9.41. The quantitative estimate of drug-likeness (QED) is 0.932. The lowest BCUT2D eigenvalue weighted by atomic mass is 10.2. The van der Waals surface area contributed by atoms with Gasteiger partial charge in [0.15, 0.2) is 4.21 Å². The van der Waals surface area contributed by atoms with Crippen LogP contribution in [0.2, 0.25) is 0 Å². The third-order valence-corrected chi connectivity index (χ3v) is 4.89. The Labute approximate surface area is 109 Å². The molecule has 1 aromatic heterocycles. The minimum Gasteiger partial charge on any atom is -0.279 e. The molecule has 2 aromatic rings. The first-order valence-electron chi connectivity index (χ1n) is 4.97. The second kappa shape index (κ2) is 4.76. The van der Waals surface area contributed by atoms with E-state index in [0.29, 0.717) is 16.3 Å². The lowest BCUT2D eigenvalue weighted by Crippen LogP contribution is -2.11. The number of nitriles is 1. The normalized spacial score (nSPS) is 10.9. The summed E-state index contributed by atoms with van der Waals surface area (Å²) in [5.74, 6) is 0. The van der Waals surface area contributed by atoms with Gasteiger partial charge >= 0.3 is 0 Å². The molecule has 5 nitrogen and oxygen atoms in total. The van der Waals surface area contributed by atoms with Crippen LogP contribution in [0.15, 0.2) is 34.7 Å². The third kappa shape index (κ3) is 2.67. The van der Waals surface area contributed by atoms with E-state index < -0.39 is 10.0 Å². The summed E-state index contributed by atoms with van der Waals surface area (Å²) in [6.45, 7) is 1.74. The number of hydrogen-bond acceptors (Lipinski definition) is 5. The van der Waals surface area contributed by atoms with Crippen LogP contribution in [-0.4, -0.2) is 13.4 Å².